The van der Waals surface area contributed by atoms with Gasteiger partial charge in [-0.3, -0.25) is 10.1 Å². The zero-order valence-electron chi connectivity index (χ0n) is 12.1. The highest BCUT2D eigenvalue weighted by atomic mass is 32.2. The van der Waals surface area contributed by atoms with Crippen LogP contribution in [0.15, 0.2) is 23.1 Å². The number of nitro benzene ring substituents is 1. The van der Waals surface area contributed by atoms with E-state index < -0.39 is 20.4 Å². The molecule has 0 heterocycles. The Morgan fingerprint density at radius 3 is 2.57 bits per heavy atom. The van der Waals surface area contributed by atoms with Crippen molar-refractivity contribution in [3.8, 4) is 0 Å². The van der Waals surface area contributed by atoms with Crippen LogP contribution in [-0.2, 0) is 9.84 Å². The number of benzene rings is 1. The molecule has 1 atom stereocenters. The minimum atomic E-state index is -3.68. The van der Waals surface area contributed by atoms with Crippen LogP contribution >= 0.6 is 0 Å². The molecule has 0 radical (unpaired) electrons. The number of aliphatic hydroxyl groups excluding tert-OH is 1. The van der Waals surface area contributed by atoms with Gasteiger partial charge >= 0.3 is 5.69 Å². The smallest absolute Gasteiger partial charge is 0.310 e. The van der Waals surface area contributed by atoms with Crippen molar-refractivity contribution in [2.24, 2.45) is 5.92 Å². The number of hydrogen-bond acceptors (Lipinski definition) is 6. The summed E-state index contributed by atoms with van der Waals surface area (Å²) in [6, 6.07) is 4.18. The van der Waals surface area contributed by atoms with E-state index in [-0.39, 0.29) is 23.1 Å². The molecule has 7 nitrogen and oxygen atoms in total. The Bertz CT molecular complexity index is 601. The number of anilines is 1. The molecule has 0 bridgehead atoms. The molecule has 0 fully saturated rings. The Hall–Kier alpha value is -1.67. The number of aliphatic hydroxyl groups is 1. The molecule has 0 aliphatic carbocycles. The molecular formula is C13H20N2O5S. The van der Waals surface area contributed by atoms with E-state index in [2.05, 4.69) is 5.32 Å². The lowest BCUT2D eigenvalue weighted by molar-refractivity contribution is -0.386. The second-order valence-electron chi connectivity index (χ2n) is 4.85. The van der Waals surface area contributed by atoms with Crippen molar-refractivity contribution in [2.45, 2.75) is 24.7 Å². The lowest BCUT2D eigenvalue weighted by Crippen LogP contribution is -2.16. The maximum atomic E-state index is 11.6. The van der Waals surface area contributed by atoms with Crippen LogP contribution in [0.3, 0.4) is 0 Å². The molecule has 1 aromatic rings. The Balaban J connectivity index is 3.10. The zero-order valence-corrected chi connectivity index (χ0v) is 12.9. The third kappa shape index (κ3) is 4.68. The number of nitro groups is 1. The molecule has 1 unspecified atom stereocenters. The Kier molecular flexibility index (Phi) is 6.10. The fourth-order valence-electron chi connectivity index (χ4n) is 2.04. The van der Waals surface area contributed by atoms with Crippen LogP contribution in [0.4, 0.5) is 11.4 Å². The summed E-state index contributed by atoms with van der Waals surface area (Å²) in [6.07, 6.45) is 2.34. The summed E-state index contributed by atoms with van der Waals surface area (Å²) < 4.78 is 23.3. The molecular weight excluding hydrogens is 296 g/mol. The van der Waals surface area contributed by atoms with Crippen molar-refractivity contribution in [3.05, 3.63) is 28.3 Å². The topological polar surface area (TPSA) is 110 Å². The summed E-state index contributed by atoms with van der Waals surface area (Å²) in [7, 11) is -3.68. The summed E-state index contributed by atoms with van der Waals surface area (Å²) in [6.45, 7) is 2.44. The van der Waals surface area contributed by atoms with Crippen LogP contribution in [0.25, 0.3) is 0 Å². The Labute approximate surface area is 124 Å². The van der Waals surface area contributed by atoms with Gasteiger partial charge in [-0.15, -0.1) is 0 Å². The maximum Gasteiger partial charge on any atom is 0.310 e. The first-order valence-corrected chi connectivity index (χ1v) is 8.52. The minimum absolute atomic E-state index is 0.0473. The highest BCUT2D eigenvalue weighted by Gasteiger charge is 2.26. The van der Waals surface area contributed by atoms with Gasteiger partial charge in [0.05, 0.1) is 4.92 Å². The first-order chi connectivity index (χ1) is 9.81. The summed E-state index contributed by atoms with van der Waals surface area (Å²) >= 11 is 0. The van der Waals surface area contributed by atoms with Gasteiger partial charge in [-0.2, -0.15) is 0 Å². The zero-order chi connectivity index (χ0) is 16.0. The number of hydrogen-bond donors (Lipinski definition) is 2. The van der Waals surface area contributed by atoms with Crippen LogP contribution in [0.2, 0.25) is 0 Å². The predicted octanol–water partition coefficient (Wildman–Crippen LogP) is 1.82. The normalized spacial score (nSPS) is 12.9. The highest BCUT2D eigenvalue weighted by molar-refractivity contribution is 7.90. The van der Waals surface area contributed by atoms with Crippen molar-refractivity contribution in [2.75, 3.05) is 24.7 Å². The molecule has 8 heteroatoms. The minimum Gasteiger partial charge on any atom is -0.396 e. The summed E-state index contributed by atoms with van der Waals surface area (Å²) in [4.78, 5) is 10.2. The molecule has 0 aliphatic rings. The lowest BCUT2D eigenvalue weighted by atomic mass is 10.0. The van der Waals surface area contributed by atoms with Crippen LogP contribution < -0.4 is 5.32 Å². The lowest BCUT2D eigenvalue weighted by Gasteiger charge is -2.15. The van der Waals surface area contributed by atoms with E-state index in [0.717, 1.165) is 12.7 Å². The number of para-hydroxylation sites is 1. The van der Waals surface area contributed by atoms with E-state index in [1.807, 2.05) is 6.92 Å². The van der Waals surface area contributed by atoms with Gasteiger partial charge in [-0.05, 0) is 24.5 Å². The molecule has 21 heavy (non-hydrogen) atoms. The SMILES string of the molecule is CCC(CCO)CNc1cccc(S(C)(=O)=O)c1[N+](=O)[O-]. The number of rotatable bonds is 8. The fourth-order valence-corrected chi connectivity index (χ4v) is 2.90. The van der Waals surface area contributed by atoms with Gasteiger partial charge in [0.2, 0.25) is 0 Å². The van der Waals surface area contributed by atoms with Gasteiger partial charge in [-0.25, -0.2) is 8.42 Å². The molecule has 0 aliphatic heterocycles. The van der Waals surface area contributed by atoms with Crippen molar-refractivity contribution >= 4 is 21.2 Å². The van der Waals surface area contributed by atoms with Crippen molar-refractivity contribution in [1.82, 2.24) is 0 Å². The summed E-state index contributed by atoms with van der Waals surface area (Å²) in [5.74, 6) is 0.163. The van der Waals surface area contributed by atoms with Gasteiger partial charge < -0.3 is 10.4 Å². The van der Waals surface area contributed by atoms with E-state index in [1.165, 1.54) is 18.2 Å². The van der Waals surface area contributed by atoms with E-state index in [4.69, 9.17) is 5.11 Å². The third-order valence-corrected chi connectivity index (χ3v) is 4.41. The molecule has 2 N–H and O–H groups in total. The van der Waals surface area contributed by atoms with Crippen LogP contribution in [-0.4, -0.2) is 37.9 Å². The van der Waals surface area contributed by atoms with Gasteiger partial charge in [-0.1, -0.05) is 19.4 Å². The van der Waals surface area contributed by atoms with Crippen molar-refractivity contribution in [1.29, 1.82) is 0 Å². The monoisotopic (exact) mass is 316 g/mol. The van der Waals surface area contributed by atoms with Gasteiger partial charge in [0, 0.05) is 19.4 Å². The highest BCUT2D eigenvalue weighted by Crippen LogP contribution is 2.32. The second kappa shape index (κ2) is 7.37. The second-order valence-corrected chi connectivity index (χ2v) is 6.83. The molecule has 0 amide bonds. The number of nitrogens with one attached hydrogen (secondary N) is 1. The van der Waals surface area contributed by atoms with Crippen molar-refractivity contribution in [3.63, 3.8) is 0 Å². The average Bonchev–Trinajstić information content (AvgIpc) is 2.41. The quantitative estimate of drug-likeness (QED) is 0.559. The van der Waals surface area contributed by atoms with E-state index in [9.17, 15) is 18.5 Å². The largest absolute Gasteiger partial charge is 0.396 e. The van der Waals surface area contributed by atoms with Crippen molar-refractivity contribution < 1.29 is 18.4 Å². The predicted molar refractivity (Wildman–Crippen MR) is 80.2 cm³/mol. The van der Waals surface area contributed by atoms with E-state index in [0.29, 0.717) is 13.0 Å². The molecule has 0 aromatic heterocycles. The third-order valence-electron chi connectivity index (χ3n) is 3.28. The van der Waals surface area contributed by atoms with Crippen LogP contribution in [0, 0.1) is 16.0 Å². The van der Waals surface area contributed by atoms with Gasteiger partial charge in [0.1, 0.15) is 10.6 Å². The molecule has 0 spiro atoms. The molecule has 1 rings (SSSR count). The first kappa shape index (κ1) is 17.4. The molecule has 0 saturated heterocycles. The van der Waals surface area contributed by atoms with E-state index >= 15 is 0 Å². The Morgan fingerprint density at radius 2 is 2.10 bits per heavy atom. The van der Waals surface area contributed by atoms with Gasteiger partial charge in [0.25, 0.3) is 0 Å². The molecule has 1 aromatic carbocycles. The van der Waals surface area contributed by atoms with Crippen LogP contribution in [0.5, 0.6) is 0 Å². The van der Waals surface area contributed by atoms with Crippen LogP contribution in [0.1, 0.15) is 19.8 Å². The fraction of sp³-hybridized carbons (Fsp3) is 0.538. The maximum absolute atomic E-state index is 11.6. The standard InChI is InChI=1S/C13H20N2O5S/c1-3-10(7-8-16)9-14-11-5-4-6-12(21(2,19)20)13(11)15(17)18/h4-6,10,14,16H,3,7-9H2,1-2H3. The average molecular weight is 316 g/mol. The Morgan fingerprint density at radius 1 is 1.43 bits per heavy atom. The van der Waals surface area contributed by atoms with Gasteiger partial charge in [0.15, 0.2) is 9.84 Å². The molecule has 0 saturated carbocycles. The summed E-state index contributed by atoms with van der Waals surface area (Å²) in [5, 5.41) is 23.1. The first-order valence-electron chi connectivity index (χ1n) is 6.63. The number of nitrogens with zero attached hydrogens (tertiary/aromatic N) is 1. The summed E-state index contributed by atoms with van der Waals surface area (Å²) in [5.41, 5.74) is -0.252. The van der Waals surface area contributed by atoms with E-state index in [1.54, 1.807) is 0 Å². The molecule has 118 valence electrons. The number of sulfone groups is 1.